The Kier molecular flexibility index (Phi) is 3.94. The second-order valence-electron chi connectivity index (χ2n) is 3.52. The lowest BCUT2D eigenvalue weighted by Gasteiger charge is -2.10. The number of nitrogen functional groups attached to an aromatic ring is 1. The highest BCUT2D eigenvalue weighted by atomic mass is 32.2. The third kappa shape index (κ3) is 2.94. The van der Waals surface area contributed by atoms with E-state index in [1.54, 1.807) is 11.8 Å². The van der Waals surface area contributed by atoms with Crippen molar-refractivity contribution in [2.45, 2.75) is 16.7 Å². The van der Waals surface area contributed by atoms with Crippen molar-refractivity contribution in [2.24, 2.45) is 0 Å². The molecule has 2 nitrogen and oxygen atoms in total. The second kappa shape index (κ2) is 5.64. The van der Waals surface area contributed by atoms with Crippen molar-refractivity contribution >= 4 is 17.4 Å². The van der Waals surface area contributed by atoms with Gasteiger partial charge in [0.2, 0.25) is 0 Å². The standard InChI is InChI=1S/C14H15NOS/c1-2-16-12-9-6-10-13(14(12)15)17-11-7-4-3-5-8-11/h3-10H,2,15H2,1H3. The Hall–Kier alpha value is -1.61. The summed E-state index contributed by atoms with van der Waals surface area (Å²) in [4.78, 5) is 2.20. The molecule has 0 unspecified atom stereocenters. The maximum Gasteiger partial charge on any atom is 0.143 e. The SMILES string of the molecule is CCOc1cccc(Sc2ccccc2)c1N. The summed E-state index contributed by atoms with van der Waals surface area (Å²) >= 11 is 1.65. The van der Waals surface area contributed by atoms with E-state index in [2.05, 4.69) is 12.1 Å². The minimum atomic E-state index is 0.629. The molecule has 0 bridgehead atoms. The predicted molar refractivity (Wildman–Crippen MR) is 72.6 cm³/mol. The highest BCUT2D eigenvalue weighted by molar-refractivity contribution is 7.99. The molecule has 0 aliphatic rings. The quantitative estimate of drug-likeness (QED) is 0.832. The fourth-order valence-corrected chi connectivity index (χ4v) is 2.41. The number of benzene rings is 2. The third-order valence-electron chi connectivity index (χ3n) is 2.30. The van der Waals surface area contributed by atoms with Gasteiger partial charge in [-0.3, -0.25) is 0 Å². The van der Waals surface area contributed by atoms with Crippen LogP contribution in [0.3, 0.4) is 0 Å². The van der Waals surface area contributed by atoms with Crippen LogP contribution >= 0.6 is 11.8 Å². The molecule has 0 fully saturated rings. The van der Waals surface area contributed by atoms with Gasteiger partial charge >= 0.3 is 0 Å². The Balaban J connectivity index is 2.24. The largest absolute Gasteiger partial charge is 0.492 e. The Morgan fingerprint density at radius 1 is 1.06 bits per heavy atom. The number of hydrogen-bond donors (Lipinski definition) is 1. The molecule has 0 amide bonds. The fourth-order valence-electron chi connectivity index (χ4n) is 1.51. The minimum absolute atomic E-state index is 0.629. The Labute approximate surface area is 106 Å². The summed E-state index contributed by atoms with van der Waals surface area (Å²) in [5.41, 5.74) is 6.78. The summed E-state index contributed by atoms with van der Waals surface area (Å²) in [6.07, 6.45) is 0. The first-order valence-corrected chi connectivity index (χ1v) is 6.37. The number of anilines is 1. The van der Waals surface area contributed by atoms with Gasteiger partial charge in [-0.05, 0) is 31.2 Å². The van der Waals surface area contributed by atoms with Crippen LogP contribution in [0.2, 0.25) is 0 Å². The van der Waals surface area contributed by atoms with E-state index in [0.29, 0.717) is 12.3 Å². The zero-order valence-electron chi connectivity index (χ0n) is 9.72. The van der Waals surface area contributed by atoms with Crippen molar-refractivity contribution in [3.8, 4) is 5.75 Å². The van der Waals surface area contributed by atoms with E-state index in [1.807, 2.05) is 43.3 Å². The Morgan fingerprint density at radius 3 is 2.53 bits per heavy atom. The molecule has 2 aromatic carbocycles. The van der Waals surface area contributed by atoms with Crippen LogP contribution in [0.4, 0.5) is 5.69 Å². The van der Waals surface area contributed by atoms with Gasteiger partial charge in [0, 0.05) is 9.79 Å². The highest BCUT2D eigenvalue weighted by Gasteiger charge is 2.06. The van der Waals surface area contributed by atoms with Crippen LogP contribution in [0.25, 0.3) is 0 Å². The average Bonchev–Trinajstić information content (AvgIpc) is 2.36. The van der Waals surface area contributed by atoms with Gasteiger partial charge in [-0.25, -0.2) is 0 Å². The van der Waals surface area contributed by atoms with Crippen LogP contribution in [0.1, 0.15) is 6.92 Å². The van der Waals surface area contributed by atoms with Crippen molar-refractivity contribution in [3.63, 3.8) is 0 Å². The number of nitrogens with two attached hydrogens (primary N) is 1. The van der Waals surface area contributed by atoms with Crippen molar-refractivity contribution in [1.82, 2.24) is 0 Å². The summed E-state index contributed by atoms with van der Waals surface area (Å²) < 4.78 is 5.48. The monoisotopic (exact) mass is 245 g/mol. The van der Waals surface area contributed by atoms with Crippen molar-refractivity contribution in [1.29, 1.82) is 0 Å². The lowest BCUT2D eigenvalue weighted by Crippen LogP contribution is -1.97. The summed E-state index contributed by atoms with van der Waals surface area (Å²) in [6, 6.07) is 16.0. The van der Waals surface area contributed by atoms with Gasteiger partial charge in [0.05, 0.1) is 12.3 Å². The normalized spacial score (nSPS) is 10.2. The molecule has 0 saturated carbocycles. The molecule has 17 heavy (non-hydrogen) atoms. The van der Waals surface area contributed by atoms with Crippen molar-refractivity contribution in [2.75, 3.05) is 12.3 Å². The molecule has 0 spiro atoms. The van der Waals surface area contributed by atoms with Gasteiger partial charge in [-0.2, -0.15) is 0 Å². The molecule has 0 radical (unpaired) electrons. The Bertz CT molecular complexity index is 485. The van der Waals surface area contributed by atoms with E-state index in [1.165, 1.54) is 4.90 Å². The molecule has 88 valence electrons. The van der Waals surface area contributed by atoms with Crippen LogP contribution in [0, 0.1) is 0 Å². The molecule has 0 aliphatic carbocycles. The molecule has 0 saturated heterocycles. The molecule has 2 N–H and O–H groups in total. The number of hydrogen-bond acceptors (Lipinski definition) is 3. The van der Waals surface area contributed by atoms with E-state index in [0.717, 1.165) is 10.6 Å². The van der Waals surface area contributed by atoms with E-state index in [4.69, 9.17) is 10.5 Å². The molecule has 2 rings (SSSR count). The van der Waals surface area contributed by atoms with Crippen molar-refractivity contribution in [3.05, 3.63) is 48.5 Å². The third-order valence-corrected chi connectivity index (χ3v) is 3.38. The first-order valence-electron chi connectivity index (χ1n) is 5.55. The van der Waals surface area contributed by atoms with E-state index in [-0.39, 0.29) is 0 Å². The van der Waals surface area contributed by atoms with Crippen molar-refractivity contribution < 1.29 is 4.74 Å². The molecular formula is C14H15NOS. The van der Waals surface area contributed by atoms with Gasteiger partial charge in [0.25, 0.3) is 0 Å². The zero-order chi connectivity index (χ0) is 12.1. The number of ether oxygens (including phenoxy) is 1. The Morgan fingerprint density at radius 2 is 1.82 bits per heavy atom. The first-order chi connectivity index (χ1) is 8.31. The molecular weight excluding hydrogens is 230 g/mol. The molecule has 3 heteroatoms. The van der Waals surface area contributed by atoms with Crippen LogP contribution in [-0.4, -0.2) is 6.61 Å². The van der Waals surface area contributed by atoms with E-state index < -0.39 is 0 Å². The molecule has 0 atom stereocenters. The summed E-state index contributed by atoms with van der Waals surface area (Å²) in [5.74, 6) is 0.758. The maximum absolute atomic E-state index is 6.07. The maximum atomic E-state index is 6.07. The van der Waals surface area contributed by atoms with Gasteiger partial charge in [0.1, 0.15) is 5.75 Å². The average molecular weight is 245 g/mol. The lowest BCUT2D eigenvalue weighted by atomic mass is 10.3. The molecule has 0 aromatic heterocycles. The van der Waals surface area contributed by atoms with E-state index in [9.17, 15) is 0 Å². The second-order valence-corrected chi connectivity index (χ2v) is 4.63. The zero-order valence-corrected chi connectivity index (χ0v) is 10.5. The first kappa shape index (κ1) is 11.9. The predicted octanol–water partition coefficient (Wildman–Crippen LogP) is 3.82. The van der Waals surface area contributed by atoms with Gasteiger partial charge in [-0.1, -0.05) is 36.0 Å². The molecule has 0 aliphatic heterocycles. The molecule has 0 heterocycles. The topological polar surface area (TPSA) is 35.2 Å². The fraction of sp³-hybridized carbons (Fsp3) is 0.143. The van der Waals surface area contributed by atoms with Crippen LogP contribution < -0.4 is 10.5 Å². The number of para-hydroxylation sites is 1. The summed E-state index contributed by atoms with van der Waals surface area (Å²) in [6.45, 7) is 2.58. The molecule has 2 aromatic rings. The van der Waals surface area contributed by atoms with Crippen LogP contribution in [0.15, 0.2) is 58.3 Å². The van der Waals surface area contributed by atoms with Gasteiger partial charge in [0.15, 0.2) is 0 Å². The lowest BCUT2D eigenvalue weighted by molar-refractivity contribution is 0.341. The summed E-state index contributed by atoms with van der Waals surface area (Å²) in [7, 11) is 0. The van der Waals surface area contributed by atoms with Crippen LogP contribution in [0.5, 0.6) is 5.75 Å². The van der Waals surface area contributed by atoms with Crippen LogP contribution in [-0.2, 0) is 0 Å². The number of rotatable bonds is 4. The van der Waals surface area contributed by atoms with Gasteiger partial charge < -0.3 is 10.5 Å². The smallest absolute Gasteiger partial charge is 0.143 e. The summed E-state index contributed by atoms with van der Waals surface area (Å²) in [5, 5.41) is 0. The minimum Gasteiger partial charge on any atom is -0.492 e. The van der Waals surface area contributed by atoms with Gasteiger partial charge in [-0.15, -0.1) is 0 Å². The van der Waals surface area contributed by atoms with E-state index >= 15 is 0 Å². The highest BCUT2D eigenvalue weighted by Crippen LogP contribution is 2.36.